The number of halogens is 1. The minimum Gasteiger partial charge on any atom is -0.497 e. The number of fused-ring (bicyclic) bond motifs is 5. The molecule has 5 rings (SSSR count). The maximum absolute atomic E-state index is 8.60. The van der Waals surface area contributed by atoms with Gasteiger partial charge >= 0.3 is 0 Å². The molecule has 0 saturated heterocycles. The number of nitrogens with zero attached hydrogens (tertiary/aromatic N) is 1. The van der Waals surface area contributed by atoms with Crippen LogP contribution in [0.1, 0.15) is 0 Å². The van der Waals surface area contributed by atoms with Crippen molar-refractivity contribution in [2.75, 3.05) is 41.3 Å². The highest BCUT2D eigenvalue weighted by molar-refractivity contribution is 6.23. The number of nitrogen functional groups attached to an aromatic ring is 1. The van der Waals surface area contributed by atoms with Crippen molar-refractivity contribution in [1.29, 1.82) is 0 Å². The molecule has 5 aromatic rings. The third-order valence-corrected chi connectivity index (χ3v) is 6.30. The van der Waals surface area contributed by atoms with E-state index in [0.717, 1.165) is 55.1 Å². The van der Waals surface area contributed by atoms with E-state index in [1.54, 1.807) is 35.5 Å². The Kier molecular flexibility index (Phi) is 8.24. The van der Waals surface area contributed by atoms with Gasteiger partial charge in [0.15, 0.2) is 11.5 Å². The van der Waals surface area contributed by atoms with Crippen LogP contribution in [0.15, 0.2) is 54.6 Å². The molecule has 40 heavy (non-hydrogen) atoms. The minimum atomic E-state index is -4.69. The number of nitrogens with two attached hydrogens (primary N) is 1. The second kappa shape index (κ2) is 11.5. The number of anilines is 1. The lowest BCUT2D eigenvalue weighted by atomic mass is 9.92. The van der Waals surface area contributed by atoms with Gasteiger partial charge in [0.25, 0.3) is 0 Å². The third-order valence-electron chi connectivity index (χ3n) is 6.30. The van der Waals surface area contributed by atoms with E-state index in [4.69, 9.17) is 53.0 Å². The maximum Gasteiger partial charge on any atom is 0.203 e. The zero-order chi connectivity index (χ0) is 29.2. The molecule has 0 aliphatic heterocycles. The molecule has 1 heterocycles. The first-order valence-electron chi connectivity index (χ1n) is 11.6. The van der Waals surface area contributed by atoms with Gasteiger partial charge in [0.05, 0.1) is 56.0 Å². The molecule has 12 heteroatoms. The molecule has 1 aromatic heterocycles. The zero-order valence-electron chi connectivity index (χ0n) is 22.3. The molecule has 0 aliphatic carbocycles. The minimum absolute atomic E-state index is 0.453. The van der Waals surface area contributed by atoms with Crippen molar-refractivity contribution >= 4 is 38.3 Å². The molecule has 0 atom stereocenters. The summed E-state index contributed by atoms with van der Waals surface area (Å²) in [6, 6.07) is 17.7. The van der Waals surface area contributed by atoms with E-state index in [-0.39, 0.29) is 0 Å². The molecule has 0 aliphatic rings. The van der Waals surface area contributed by atoms with E-state index in [1.807, 2.05) is 48.5 Å². The molecule has 3 N–H and O–H groups in total. The Balaban J connectivity index is 0.000000681. The van der Waals surface area contributed by atoms with Gasteiger partial charge in [-0.3, -0.25) is 0 Å². The molecule has 0 unspecified atom stereocenters. The van der Waals surface area contributed by atoms with Gasteiger partial charge in [-0.15, -0.1) is 0 Å². The molecule has 0 saturated carbocycles. The van der Waals surface area contributed by atoms with E-state index in [9.17, 15) is 0 Å². The van der Waals surface area contributed by atoms with Crippen LogP contribution in [0.4, 0.5) is 5.82 Å². The second-order valence-electron chi connectivity index (χ2n) is 8.45. The lowest BCUT2D eigenvalue weighted by molar-refractivity contribution is -1.92. The summed E-state index contributed by atoms with van der Waals surface area (Å²) < 4.78 is 60.6. The maximum atomic E-state index is 8.60. The smallest absolute Gasteiger partial charge is 0.203 e. The zero-order valence-corrected chi connectivity index (χ0v) is 23.1. The van der Waals surface area contributed by atoms with Crippen LogP contribution in [-0.2, 0) is 0 Å². The van der Waals surface area contributed by atoms with Crippen molar-refractivity contribution in [3.63, 3.8) is 0 Å². The fourth-order valence-electron chi connectivity index (χ4n) is 4.61. The van der Waals surface area contributed by atoms with Crippen molar-refractivity contribution < 1.29 is 52.6 Å². The van der Waals surface area contributed by atoms with Gasteiger partial charge in [-0.05, 0) is 76.5 Å². The Morgan fingerprint density at radius 1 is 0.700 bits per heavy atom. The van der Waals surface area contributed by atoms with Crippen molar-refractivity contribution in [1.82, 2.24) is 4.98 Å². The molecular weight excluding hydrogens is 544 g/mol. The van der Waals surface area contributed by atoms with Crippen molar-refractivity contribution in [3.8, 4) is 39.9 Å². The second-order valence-corrected chi connectivity index (χ2v) is 9.25. The fraction of sp³-hybridized carbons (Fsp3) is 0.179. The van der Waals surface area contributed by atoms with Gasteiger partial charge in [0.2, 0.25) is 5.75 Å². The van der Waals surface area contributed by atoms with Crippen molar-refractivity contribution in [2.24, 2.45) is 0 Å². The highest BCUT2D eigenvalue weighted by Gasteiger charge is 2.20. The first-order chi connectivity index (χ1) is 19.0. The molecule has 0 amide bonds. The summed E-state index contributed by atoms with van der Waals surface area (Å²) in [5.74, 6) is 3.59. The van der Waals surface area contributed by atoms with Gasteiger partial charge in [-0.2, -0.15) is 14.0 Å². The number of rotatable bonds is 6. The highest BCUT2D eigenvalue weighted by Crippen LogP contribution is 2.46. The normalized spacial score (nSPS) is 11.2. The Labute approximate surface area is 231 Å². The number of benzene rings is 4. The summed E-state index contributed by atoms with van der Waals surface area (Å²) in [6.07, 6.45) is 0. The fourth-order valence-corrected chi connectivity index (χ4v) is 4.61. The Bertz CT molecular complexity index is 1670. The average molecular weight is 571 g/mol. The summed E-state index contributed by atoms with van der Waals surface area (Å²) in [5.41, 5.74) is 9.05. The SMILES string of the molecule is COc1ccc2c(c1)cc(-c1cc(OC)c(OC)c(OC)c1)c1c3cc(OC)ccc3c(N)nc21.[O-][Cl+3]([O-])([O-])O. The molecule has 11 nitrogen and oxygen atoms in total. The van der Waals surface area contributed by atoms with Gasteiger partial charge in [0.1, 0.15) is 17.3 Å². The predicted octanol–water partition coefficient (Wildman–Crippen LogP) is 1.71. The standard InChI is InChI=1S/C28H26N2O5.ClHO4/c1-31-17-6-8-19-15(10-17)11-21(16-12-23(33-3)27(35-5)24(13-16)34-4)25-22-14-18(32-2)7-9-20(22)28(29)30-26(19)25;2-1(3,4)5/h6-14H,1-5H3,(H2,29,30);(H,2,3,4,5). The Hall–Kier alpha value is -4.26. The van der Waals surface area contributed by atoms with Gasteiger partial charge in [-0.1, -0.05) is 0 Å². The number of methoxy groups -OCH3 is 5. The monoisotopic (exact) mass is 570 g/mol. The Morgan fingerprint density at radius 3 is 1.77 bits per heavy atom. The number of hydrogen-bond acceptors (Lipinski definition) is 11. The summed E-state index contributed by atoms with van der Waals surface area (Å²) in [7, 11) is 3.40. The lowest BCUT2D eigenvalue weighted by Crippen LogP contribution is -2.58. The van der Waals surface area contributed by atoms with Crippen LogP contribution in [0.25, 0.3) is 43.6 Å². The van der Waals surface area contributed by atoms with E-state index >= 15 is 0 Å². The number of hydrogen-bond donors (Lipinski definition) is 2. The third kappa shape index (κ3) is 5.69. The number of pyridine rings is 1. The summed E-state index contributed by atoms with van der Waals surface area (Å²) in [6.45, 7) is 0. The van der Waals surface area contributed by atoms with Crippen LogP contribution in [0, 0.1) is 10.2 Å². The average Bonchev–Trinajstić information content (AvgIpc) is 2.94. The predicted molar refractivity (Wildman–Crippen MR) is 142 cm³/mol. The summed E-state index contributed by atoms with van der Waals surface area (Å²) >= 11 is 0. The van der Waals surface area contributed by atoms with E-state index in [1.165, 1.54) is 0 Å². The van der Waals surface area contributed by atoms with Crippen LogP contribution >= 0.6 is 0 Å². The largest absolute Gasteiger partial charge is 0.497 e. The summed E-state index contributed by atoms with van der Waals surface area (Å²) in [5, 5.41) is 4.66. The van der Waals surface area contributed by atoms with Crippen LogP contribution < -0.4 is 43.4 Å². The summed E-state index contributed by atoms with van der Waals surface area (Å²) in [4.78, 5) is 4.86. The lowest BCUT2D eigenvalue weighted by Gasteiger charge is -2.18. The van der Waals surface area contributed by atoms with Crippen LogP contribution in [0.5, 0.6) is 28.7 Å². The van der Waals surface area contributed by atoms with E-state index < -0.39 is 10.2 Å². The van der Waals surface area contributed by atoms with E-state index in [2.05, 4.69) is 6.07 Å². The molecule has 4 aromatic carbocycles. The van der Waals surface area contributed by atoms with Crippen molar-refractivity contribution in [2.45, 2.75) is 0 Å². The Morgan fingerprint density at radius 2 is 1.25 bits per heavy atom. The van der Waals surface area contributed by atoms with Gasteiger partial charge < -0.3 is 29.4 Å². The van der Waals surface area contributed by atoms with E-state index in [0.29, 0.717) is 23.1 Å². The van der Waals surface area contributed by atoms with Crippen LogP contribution in [-0.4, -0.2) is 45.2 Å². The number of aromatic nitrogens is 1. The molecule has 0 radical (unpaired) electrons. The van der Waals surface area contributed by atoms with Gasteiger partial charge in [0, 0.05) is 16.2 Å². The van der Waals surface area contributed by atoms with Crippen LogP contribution in [0.3, 0.4) is 0 Å². The van der Waals surface area contributed by atoms with Crippen LogP contribution in [0.2, 0.25) is 0 Å². The quantitative estimate of drug-likeness (QED) is 0.284. The topological polar surface area (TPSA) is 174 Å². The molecule has 210 valence electrons. The molecular formula is C28H27ClN2O9. The van der Waals surface area contributed by atoms with Crippen molar-refractivity contribution in [3.05, 3.63) is 54.6 Å². The first-order valence-corrected chi connectivity index (χ1v) is 12.9. The first kappa shape index (κ1) is 28.7. The molecule has 0 fully saturated rings. The highest BCUT2D eigenvalue weighted by atomic mass is 35.7. The molecule has 0 bridgehead atoms. The number of ether oxygens (including phenoxy) is 5. The van der Waals surface area contributed by atoms with Gasteiger partial charge in [-0.25, -0.2) is 4.98 Å². The molecule has 0 spiro atoms.